The first-order valence-corrected chi connectivity index (χ1v) is 15.9. The lowest BCUT2D eigenvalue weighted by atomic mass is 9.90. The summed E-state index contributed by atoms with van der Waals surface area (Å²) in [4.78, 5) is 43.6. The van der Waals surface area contributed by atoms with Crippen LogP contribution in [-0.4, -0.2) is 53.2 Å². The van der Waals surface area contributed by atoms with Crippen LogP contribution in [0.2, 0.25) is 0 Å². The SMILES string of the molecule is CC(=NCC(=O)c1ccc(C(=O)NCc2ccc(C(=O)NCCO)cc2)s1)c1csc(-c2ccc3c(c2)CCCC3)c1O. The zero-order valence-electron chi connectivity index (χ0n) is 23.8. The van der Waals surface area contributed by atoms with E-state index in [2.05, 4.69) is 33.8 Å². The number of nitrogens with zero attached hydrogens (tertiary/aromatic N) is 1. The van der Waals surface area contributed by atoms with Crippen molar-refractivity contribution in [2.24, 2.45) is 4.99 Å². The highest BCUT2D eigenvalue weighted by Crippen LogP contribution is 2.40. The van der Waals surface area contributed by atoms with E-state index in [-0.39, 0.29) is 49.6 Å². The predicted molar refractivity (Wildman–Crippen MR) is 171 cm³/mol. The number of fused-ring (bicyclic) bond motifs is 1. The van der Waals surface area contributed by atoms with Gasteiger partial charge in [-0.1, -0.05) is 24.3 Å². The molecule has 43 heavy (non-hydrogen) atoms. The smallest absolute Gasteiger partial charge is 0.261 e. The predicted octanol–water partition coefficient (Wildman–Crippen LogP) is 5.41. The van der Waals surface area contributed by atoms with Crippen LogP contribution in [0.25, 0.3) is 10.4 Å². The second-order valence-corrected chi connectivity index (χ2v) is 12.3. The van der Waals surface area contributed by atoms with Crippen LogP contribution < -0.4 is 10.6 Å². The van der Waals surface area contributed by atoms with Gasteiger partial charge in [0.05, 0.1) is 21.2 Å². The van der Waals surface area contributed by atoms with E-state index in [9.17, 15) is 19.5 Å². The number of thiophene rings is 2. The van der Waals surface area contributed by atoms with Crippen LogP contribution in [0.1, 0.15) is 71.7 Å². The Balaban J connectivity index is 1.16. The summed E-state index contributed by atoms with van der Waals surface area (Å²) < 4.78 is 0. The lowest BCUT2D eigenvalue weighted by Gasteiger charge is -2.16. The first-order chi connectivity index (χ1) is 20.8. The Bertz CT molecular complexity index is 1670. The molecule has 10 heteroatoms. The number of hydrogen-bond acceptors (Lipinski definition) is 8. The minimum Gasteiger partial charge on any atom is -0.506 e. The second kappa shape index (κ2) is 13.9. The molecule has 0 saturated heterocycles. The number of aryl methyl sites for hydroxylation is 2. The van der Waals surface area contributed by atoms with E-state index < -0.39 is 0 Å². The van der Waals surface area contributed by atoms with Gasteiger partial charge in [0, 0.05) is 35.3 Å². The van der Waals surface area contributed by atoms with Crippen molar-refractivity contribution in [3.63, 3.8) is 0 Å². The minimum absolute atomic E-state index is 0.0882. The molecule has 0 spiro atoms. The van der Waals surface area contributed by atoms with E-state index in [0.717, 1.165) is 40.2 Å². The van der Waals surface area contributed by atoms with Crippen molar-refractivity contribution in [3.8, 4) is 16.2 Å². The monoisotopic (exact) mass is 615 g/mol. The van der Waals surface area contributed by atoms with Crippen LogP contribution in [0.4, 0.5) is 0 Å². The molecule has 4 N–H and O–H groups in total. The molecule has 4 aromatic rings. The molecule has 222 valence electrons. The van der Waals surface area contributed by atoms with Gasteiger partial charge in [-0.15, -0.1) is 22.7 Å². The van der Waals surface area contributed by atoms with Gasteiger partial charge in [-0.3, -0.25) is 19.4 Å². The van der Waals surface area contributed by atoms with Crippen LogP contribution in [0.5, 0.6) is 5.75 Å². The number of aliphatic hydroxyl groups is 1. The van der Waals surface area contributed by atoms with E-state index in [1.165, 1.54) is 35.3 Å². The summed E-state index contributed by atoms with van der Waals surface area (Å²) in [6, 6.07) is 16.5. The van der Waals surface area contributed by atoms with Crippen molar-refractivity contribution in [2.45, 2.75) is 39.2 Å². The van der Waals surface area contributed by atoms with Crippen LogP contribution in [0.3, 0.4) is 0 Å². The topological polar surface area (TPSA) is 128 Å². The van der Waals surface area contributed by atoms with Crippen molar-refractivity contribution >= 4 is 46.0 Å². The number of aromatic hydroxyl groups is 1. The zero-order chi connectivity index (χ0) is 30.3. The first-order valence-electron chi connectivity index (χ1n) is 14.2. The number of nitrogens with one attached hydrogen (secondary N) is 2. The number of ketones is 1. The number of carbonyl (C=O) groups is 3. The van der Waals surface area contributed by atoms with Gasteiger partial charge in [0.25, 0.3) is 11.8 Å². The molecule has 1 aliphatic carbocycles. The van der Waals surface area contributed by atoms with Crippen molar-refractivity contribution in [3.05, 3.63) is 97.5 Å². The standard InChI is InChI=1S/C33H33N3O5S2/c1-20(26-19-42-31(30(26)39)25-11-10-22-4-2-3-5-24(22)16-25)35-18-27(38)28-12-13-29(43-28)33(41)36-17-21-6-8-23(9-7-21)32(40)34-14-15-37/h6-13,16,19,37,39H,2-5,14-15,17-18H2,1H3,(H,34,40)(H,36,41). The Labute approximate surface area is 258 Å². The number of rotatable bonds is 11. The van der Waals surface area contributed by atoms with Gasteiger partial charge in [-0.05, 0) is 85.2 Å². The Hall–Kier alpha value is -4.12. The van der Waals surface area contributed by atoms with Crippen LogP contribution >= 0.6 is 22.7 Å². The highest BCUT2D eigenvalue weighted by Gasteiger charge is 2.18. The average molecular weight is 616 g/mol. The maximum absolute atomic E-state index is 12.9. The summed E-state index contributed by atoms with van der Waals surface area (Å²) in [5.74, 6) is -0.597. The fourth-order valence-electron chi connectivity index (χ4n) is 4.97. The second-order valence-electron chi connectivity index (χ2n) is 10.4. The summed E-state index contributed by atoms with van der Waals surface area (Å²) in [6.07, 6.45) is 4.59. The van der Waals surface area contributed by atoms with Crippen molar-refractivity contribution < 1.29 is 24.6 Å². The molecule has 0 unspecified atom stereocenters. The molecule has 0 aliphatic heterocycles. The number of Topliss-reactive ketones (excluding diaryl/α,β-unsaturated/α-hetero) is 1. The fourth-order valence-corrected chi connectivity index (χ4v) is 6.82. The summed E-state index contributed by atoms with van der Waals surface area (Å²) in [5.41, 5.74) is 6.23. The molecule has 2 amide bonds. The highest BCUT2D eigenvalue weighted by molar-refractivity contribution is 7.16. The number of benzene rings is 2. The lowest BCUT2D eigenvalue weighted by molar-refractivity contribution is 0.0939. The molecule has 5 rings (SSSR count). The molecular weight excluding hydrogens is 583 g/mol. The molecule has 1 aliphatic rings. The Kier molecular flexibility index (Phi) is 9.81. The van der Waals surface area contributed by atoms with E-state index >= 15 is 0 Å². The third-order valence-corrected chi connectivity index (χ3v) is 9.54. The molecule has 0 bridgehead atoms. The van der Waals surface area contributed by atoms with E-state index in [1.54, 1.807) is 43.3 Å². The van der Waals surface area contributed by atoms with Crippen LogP contribution in [0.15, 0.2) is 65.0 Å². The normalized spacial score (nSPS) is 12.9. The van der Waals surface area contributed by atoms with Gasteiger partial charge < -0.3 is 20.8 Å². The molecule has 2 aromatic carbocycles. The average Bonchev–Trinajstić information content (AvgIpc) is 3.69. The molecule has 0 fully saturated rings. The van der Waals surface area contributed by atoms with Crippen LogP contribution in [0, 0.1) is 0 Å². The minimum atomic E-state index is -0.300. The zero-order valence-corrected chi connectivity index (χ0v) is 25.4. The van der Waals surface area contributed by atoms with Crippen LogP contribution in [-0.2, 0) is 19.4 Å². The first kappa shape index (κ1) is 30.3. The van der Waals surface area contributed by atoms with Gasteiger partial charge in [-0.2, -0.15) is 0 Å². The van der Waals surface area contributed by atoms with Gasteiger partial charge in [0.2, 0.25) is 0 Å². The third kappa shape index (κ3) is 7.27. The van der Waals surface area contributed by atoms with Gasteiger partial charge in [0.1, 0.15) is 12.3 Å². The molecule has 0 radical (unpaired) electrons. The van der Waals surface area contributed by atoms with Gasteiger partial charge in [0.15, 0.2) is 5.78 Å². The number of carbonyl (C=O) groups excluding carboxylic acids is 3. The Morgan fingerprint density at radius 1 is 0.907 bits per heavy atom. The van der Waals surface area contributed by atoms with Gasteiger partial charge in [-0.25, -0.2) is 0 Å². The molecule has 2 aromatic heterocycles. The Morgan fingerprint density at radius 3 is 2.42 bits per heavy atom. The number of aliphatic hydroxyl groups excluding tert-OH is 1. The van der Waals surface area contributed by atoms with Gasteiger partial charge >= 0.3 is 0 Å². The Morgan fingerprint density at radius 2 is 1.65 bits per heavy atom. The molecule has 2 heterocycles. The summed E-state index contributed by atoms with van der Waals surface area (Å²) in [6.45, 7) is 2.01. The van der Waals surface area contributed by atoms with E-state index in [1.807, 2.05) is 5.38 Å². The number of amides is 2. The van der Waals surface area contributed by atoms with Crippen molar-refractivity contribution in [2.75, 3.05) is 19.7 Å². The maximum Gasteiger partial charge on any atom is 0.261 e. The van der Waals surface area contributed by atoms with Crippen molar-refractivity contribution in [1.82, 2.24) is 10.6 Å². The molecular formula is C33H33N3O5S2. The largest absolute Gasteiger partial charge is 0.506 e. The third-order valence-electron chi connectivity index (χ3n) is 7.40. The quantitative estimate of drug-likeness (QED) is 0.133. The molecule has 0 atom stereocenters. The molecule has 0 saturated carbocycles. The van der Waals surface area contributed by atoms with E-state index in [0.29, 0.717) is 26.6 Å². The van der Waals surface area contributed by atoms with Crippen molar-refractivity contribution in [1.29, 1.82) is 0 Å². The number of aliphatic imine (C=N–C) groups is 1. The highest BCUT2D eigenvalue weighted by atomic mass is 32.1. The fraction of sp³-hybridized carbons (Fsp3) is 0.273. The lowest BCUT2D eigenvalue weighted by Crippen LogP contribution is -2.26. The summed E-state index contributed by atoms with van der Waals surface area (Å²) in [5, 5.41) is 27.1. The van der Waals surface area contributed by atoms with E-state index in [4.69, 9.17) is 5.11 Å². The maximum atomic E-state index is 12.9. The summed E-state index contributed by atoms with van der Waals surface area (Å²) in [7, 11) is 0. The summed E-state index contributed by atoms with van der Waals surface area (Å²) >= 11 is 2.58. The molecule has 8 nitrogen and oxygen atoms in total. The number of hydrogen-bond donors (Lipinski definition) is 4.